The van der Waals surface area contributed by atoms with Gasteiger partial charge >= 0.3 is 0 Å². The van der Waals surface area contributed by atoms with E-state index in [0.717, 1.165) is 22.3 Å². The van der Waals surface area contributed by atoms with E-state index in [9.17, 15) is 15.3 Å². The SMILES string of the molecule is OCc1ccc(CO[C@@H]2O[C@H](COCc3ccccc3)[C@@H](OCc3ccccc3)[C@H](O)[C@H]2O)cc1. The maximum Gasteiger partial charge on any atom is 0.187 e. The number of hydrogen-bond acceptors (Lipinski definition) is 7. The summed E-state index contributed by atoms with van der Waals surface area (Å²) in [6, 6.07) is 26.7. The van der Waals surface area contributed by atoms with Crippen molar-refractivity contribution in [3.05, 3.63) is 107 Å². The Bertz CT molecular complexity index is 997. The van der Waals surface area contributed by atoms with Crippen LogP contribution in [0.3, 0.4) is 0 Å². The maximum atomic E-state index is 10.9. The van der Waals surface area contributed by atoms with Gasteiger partial charge in [0.15, 0.2) is 6.29 Å². The fourth-order valence-corrected chi connectivity index (χ4v) is 3.94. The number of benzene rings is 3. The Morgan fingerprint density at radius 1 is 0.629 bits per heavy atom. The van der Waals surface area contributed by atoms with Gasteiger partial charge in [0.05, 0.1) is 33.0 Å². The third-order valence-electron chi connectivity index (χ3n) is 5.94. The molecule has 0 saturated carbocycles. The van der Waals surface area contributed by atoms with Crippen LogP contribution < -0.4 is 0 Å². The highest BCUT2D eigenvalue weighted by molar-refractivity contribution is 5.21. The van der Waals surface area contributed by atoms with Crippen molar-refractivity contribution >= 4 is 0 Å². The highest BCUT2D eigenvalue weighted by atomic mass is 16.7. The Morgan fingerprint density at radius 2 is 1.17 bits per heavy atom. The molecule has 1 aliphatic heterocycles. The van der Waals surface area contributed by atoms with E-state index in [1.165, 1.54) is 0 Å². The summed E-state index contributed by atoms with van der Waals surface area (Å²) in [5.41, 5.74) is 3.62. The summed E-state index contributed by atoms with van der Waals surface area (Å²) in [4.78, 5) is 0. The quantitative estimate of drug-likeness (QED) is 0.388. The zero-order valence-corrected chi connectivity index (χ0v) is 19.5. The number of aliphatic hydroxyl groups is 3. The van der Waals surface area contributed by atoms with Crippen LogP contribution in [0.25, 0.3) is 0 Å². The summed E-state index contributed by atoms with van der Waals surface area (Å²) in [6.07, 6.45) is -5.02. The van der Waals surface area contributed by atoms with Crippen molar-refractivity contribution < 1.29 is 34.3 Å². The molecular weight excluding hydrogens is 448 g/mol. The van der Waals surface area contributed by atoms with Crippen LogP contribution in [0.15, 0.2) is 84.9 Å². The minimum absolute atomic E-state index is 0.0349. The van der Waals surface area contributed by atoms with Gasteiger partial charge in [-0.3, -0.25) is 0 Å². The molecule has 0 spiro atoms. The molecule has 186 valence electrons. The van der Waals surface area contributed by atoms with Gasteiger partial charge < -0.3 is 34.3 Å². The van der Waals surface area contributed by atoms with Gasteiger partial charge in [0, 0.05) is 0 Å². The second-order valence-electron chi connectivity index (χ2n) is 8.57. The summed E-state index contributed by atoms with van der Waals surface area (Å²) in [6.45, 7) is 0.938. The molecule has 3 N–H and O–H groups in total. The summed E-state index contributed by atoms with van der Waals surface area (Å²) in [5.74, 6) is 0. The van der Waals surface area contributed by atoms with Gasteiger partial charge in [0.2, 0.25) is 0 Å². The Labute approximate surface area is 205 Å². The van der Waals surface area contributed by atoms with Crippen LogP contribution in [0.1, 0.15) is 22.3 Å². The lowest BCUT2D eigenvalue weighted by Crippen LogP contribution is -2.60. The smallest absolute Gasteiger partial charge is 0.187 e. The zero-order valence-electron chi connectivity index (χ0n) is 19.5. The number of ether oxygens (including phenoxy) is 4. The molecule has 1 heterocycles. The van der Waals surface area contributed by atoms with E-state index in [0.29, 0.717) is 6.61 Å². The minimum atomic E-state index is -1.29. The first-order chi connectivity index (χ1) is 17.1. The lowest BCUT2D eigenvalue weighted by Gasteiger charge is -2.42. The largest absolute Gasteiger partial charge is 0.392 e. The van der Waals surface area contributed by atoms with E-state index in [1.807, 2.05) is 72.8 Å². The summed E-state index contributed by atoms with van der Waals surface area (Å²) in [5, 5.41) is 30.9. The molecule has 4 rings (SSSR count). The van der Waals surface area contributed by atoms with Crippen molar-refractivity contribution in [2.75, 3.05) is 6.61 Å². The van der Waals surface area contributed by atoms with Crippen molar-refractivity contribution in [3.8, 4) is 0 Å². The normalized spacial score (nSPS) is 24.4. The van der Waals surface area contributed by atoms with Crippen molar-refractivity contribution in [2.45, 2.75) is 57.1 Å². The first-order valence-corrected chi connectivity index (χ1v) is 11.7. The molecule has 0 bridgehead atoms. The Hall–Kier alpha value is -2.62. The van der Waals surface area contributed by atoms with Gasteiger partial charge in [-0.2, -0.15) is 0 Å². The second-order valence-corrected chi connectivity index (χ2v) is 8.57. The molecule has 0 radical (unpaired) electrons. The molecule has 1 aliphatic rings. The van der Waals surface area contributed by atoms with Gasteiger partial charge in [0.1, 0.15) is 24.4 Å². The van der Waals surface area contributed by atoms with E-state index >= 15 is 0 Å². The maximum absolute atomic E-state index is 10.9. The lowest BCUT2D eigenvalue weighted by atomic mass is 9.98. The van der Waals surface area contributed by atoms with Gasteiger partial charge in [-0.1, -0.05) is 84.9 Å². The molecular formula is C28H32O7. The first kappa shape index (κ1) is 25.5. The molecule has 3 aromatic rings. The Balaban J connectivity index is 1.40. The molecule has 1 fully saturated rings. The van der Waals surface area contributed by atoms with Crippen molar-refractivity contribution in [1.29, 1.82) is 0 Å². The number of aliphatic hydroxyl groups excluding tert-OH is 3. The number of rotatable bonds is 11. The van der Waals surface area contributed by atoms with Crippen LogP contribution >= 0.6 is 0 Å². The van der Waals surface area contributed by atoms with Gasteiger partial charge in [-0.15, -0.1) is 0 Å². The number of hydrogen-bond donors (Lipinski definition) is 3. The van der Waals surface area contributed by atoms with E-state index < -0.39 is 30.7 Å². The third-order valence-corrected chi connectivity index (χ3v) is 5.94. The minimum Gasteiger partial charge on any atom is -0.392 e. The monoisotopic (exact) mass is 480 g/mol. The average molecular weight is 481 g/mol. The Kier molecular flexibility index (Phi) is 9.39. The van der Waals surface area contributed by atoms with Crippen LogP contribution in [0.4, 0.5) is 0 Å². The molecule has 3 aromatic carbocycles. The predicted molar refractivity (Wildman–Crippen MR) is 129 cm³/mol. The molecule has 0 amide bonds. The highest BCUT2D eigenvalue weighted by Crippen LogP contribution is 2.27. The highest BCUT2D eigenvalue weighted by Gasteiger charge is 2.46. The average Bonchev–Trinajstić information content (AvgIpc) is 2.91. The van der Waals surface area contributed by atoms with Crippen LogP contribution in [0, 0.1) is 0 Å². The standard InChI is InChI=1S/C28H32O7/c29-15-20-11-13-23(14-12-20)18-34-28-26(31)25(30)27(33-17-22-9-5-2-6-10-22)24(35-28)19-32-16-21-7-3-1-4-8-21/h1-14,24-31H,15-19H2/t24-,25-,26-,27-,28-/m1/s1. The lowest BCUT2D eigenvalue weighted by molar-refractivity contribution is -0.313. The molecule has 35 heavy (non-hydrogen) atoms. The summed E-state index contributed by atoms with van der Waals surface area (Å²) >= 11 is 0. The fourth-order valence-electron chi connectivity index (χ4n) is 3.94. The van der Waals surface area contributed by atoms with Crippen LogP contribution in [-0.4, -0.2) is 52.6 Å². The van der Waals surface area contributed by atoms with Crippen molar-refractivity contribution in [1.82, 2.24) is 0 Å². The first-order valence-electron chi connectivity index (χ1n) is 11.7. The second kappa shape index (κ2) is 12.9. The van der Waals surface area contributed by atoms with Crippen LogP contribution in [0.2, 0.25) is 0 Å². The third kappa shape index (κ3) is 7.19. The molecule has 0 aromatic heterocycles. The van der Waals surface area contributed by atoms with Crippen LogP contribution in [-0.2, 0) is 45.4 Å². The van der Waals surface area contributed by atoms with Gasteiger partial charge in [0.25, 0.3) is 0 Å². The van der Waals surface area contributed by atoms with E-state index in [4.69, 9.17) is 18.9 Å². The Morgan fingerprint density at radius 3 is 1.80 bits per heavy atom. The molecule has 7 nitrogen and oxygen atoms in total. The van der Waals surface area contributed by atoms with E-state index in [1.54, 1.807) is 12.1 Å². The molecule has 1 saturated heterocycles. The van der Waals surface area contributed by atoms with Gasteiger partial charge in [-0.25, -0.2) is 0 Å². The van der Waals surface area contributed by atoms with E-state index in [2.05, 4.69) is 0 Å². The van der Waals surface area contributed by atoms with Gasteiger partial charge in [-0.05, 0) is 22.3 Å². The predicted octanol–water partition coefficient (Wildman–Crippen LogP) is 2.94. The topological polar surface area (TPSA) is 97.6 Å². The summed E-state index contributed by atoms with van der Waals surface area (Å²) < 4.78 is 23.8. The molecule has 7 heteroatoms. The molecule has 0 unspecified atom stereocenters. The summed E-state index contributed by atoms with van der Waals surface area (Å²) in [7, 11) is 0. The van der Waals surface area contributed by atoms with Crippen LogP contribution in [0.5, 0.6) is 0 Å². The van der Waals surface area contributed by atoms with Crippen molar-refractivity contribution in [2.24, 2.45) is 0 Å². The van der Waals surface area contributed by atoms with E-state index in [-0.39, 0.29) is 26.4 Å². The zero-order chi connectivity index (χ0) is 24.5. The fraction of sp³-hybridized carbons (Fsp3) is 0.357. The van der Waals surface area contributed by atoms with Crippen molar-refractivity contribution in [3.63, 3.8) is 0 Å². The molecule has 0 aliphatic carbocycles. The molecule has 5 atom stereocenters.